The molecule has 0 saturated heterocycles. The van der Waals surface area contributed by atoms with Crippen molar-refractivity contribution in [3.8, 4) is 0 Å². The van der Waals surface area contributed by atoms with Gasteiger partial charge in [-0.05, 0) is 56.0 Å². The number of hydrogen-bond acceptors (Lipinski definition) is 2. The highest BCUT2D eigenvalue weighted by atomic mass is 32.1. The SMILES string of the molecule is Cc1cc(C(C)NC(c2ccc(F)cc2)C(C)C)c(C)s1. The number of hydrogen-bond donors (Lipinski definition) is 1. The van der Waals surface area contributed by atoms with Crippen LogP contribution >= 0.6 is 11.3 Å². The van der Waals surface area contributed by atoms with E-state index in [2.05, 4.69) is 46.0 Å². The van der Waals surface area contributed by atoms with Crippen molar-refractivity contribution < 1.29 is 4.39 Å². The summed E-state index contributed by atoms with van der Waals surface area (Å²) < 4.78 is 13.1. The molecule has 0 aliphatic heterocycles. The Morgan fingerprint density at radius 1 is 1.05 bits per heavy atom. The second-order valence-electron chi connectivity index (χ2n) is 6.03. The maximum absolute atomic E-state index is 13.1. The molecule has 1 heterocycles. The van der Waals surface area contributed by atoms with Gasteiger partial charge in [-0.15, -0.1) is 11.3 Å². The lowest BCUT2D eigenvalue weighted by Crippen LogP contribution is -2.28. The maximum atomic E-state index is 13.1. The first-order valence-corrected chi connectivity index (χ1v) is 8.28. The molecule has 3 heteroatoms. The summed E-state index contributed by atoms with van der Waals surface area (Å²) >= 11 is 1.84. The largest absolute Gasteiger partial charge is 0.303 e. The van der Waals surface area contributed by atoms with E-state index in [4.69, 9.17) is 0 Å². The Labute approximate surface area is 131 Å². The highest BCUT2D eigenvalue weighted by Gasteiger charge is 2.20. The van der Waals surface area contributed by atoms with Crippen molar-refractivity contribution in [2.75, 3.05) is 0 Å². The topological polar surface area (TPSA) is 12.0 Å². The van der Waals surface area contributed by atoms with Crippen LogP contribution in [-0.2, 0) is 0 Å². The summed E-state index contributed by atoms with van der Waals surface area (Å²) in [6.45, 7) is 10.9. The molecule has 1 aromatic carbocycles. The van der Waals surface area contributed by atoms with Crippen LogP contribution in [0.1, 0.15) is 53.7 Å². The lowest BCUT2D eigenvalue weighted by atomic mass is 9.94. The van der Waals surface area contributed by atoms with Gasteiger partial charge < -0.3 is 5.32 Å². The standard InChI is InChI=1S/C18H24FNS/c1-11(2)18(15-6-8-16(19)9-7-15)20-13(4)17-10-12(3)21-14(17)5/h6-11,13,18,20H,1-5H3. The van der Waals surface area contributed by atoms with Crippen molar-refractivity contribution in [3.05, 3.63) is 57.0 Å². The number of nitrogens with one attached hydrogen (secondary N) is 1. The second-order valence-corrected chi connectivity index (χ2v) is 7.49. The zero-order chi connectivity index (χ0) is 15.6. The predicted molar refractivity (Wildman–Crippen MR) is 89.3 cm³/mol. The summed E-state index contributed by atoms with van der Waals surface area (Å²) in [4.78, 5) is 2.72. The number of aryl methyl sites for hydroxylation is 2. The Hall–Kier alpha value is -1.19. The fourth-order valence-corrected chi connectivity index (χ4v) is 3.81. The Bertz CT molecular complexity index is 586. The second kappa shape index (κ2) is 6.71. The first-order valence-electron chi connectivity index (χ1n) is 7.47. The van der Waals surface area contributed by atoms with Crippen LogP contribution in [0.25, 0.3) is 0 Å². The van der Waals surface area contributed by atoms with Gasteiger partial charge in [-0.1, -0.05) is 26.0 Å². The molecule has 0 amide bonds. The van der Waals surface area contributed by atoms with Crippen molar-refractivity contribution in [3.63, 3.8) is 0 Å². The number of halogens is 1. The molecule has 1 nitrogen and oxygen atoms in total. The van der Waals surface area contributed by atoms with Gasteiger partial charge in [0.05, 0.1) is 0 Å². The molecular weight excluding hydrogens is 281 g/mol. The van der Waals surface area contributed by atoms with Gasteiger partial charge >= 0.3 is 0 Å². The van der Waals surface area contributed by atoms with Crippen molar-refractivity contribution in [2.24, 2.45) is 5.92 Å². The molecule has 21 heavy (non-hydrogen) atoms. The lowest BCUT2D eigenvalue weighted by Gasteiger charge is -2.27. The van der Waals surface area contributed by atoms with Crippen molar-refractivity contribution in [1.82, 2.24) is 5.32 Å². The molecule has 0 saturated carbocycles. The highest BCUT2D eigenvalue weighted by Crippen LogP contribution is 2.30. The van der Waals surface area contributed by atoms with Crippen molar-refractivity contribution >= 4 is 11.3 Å². The minimum absolute atomic E-state index is 0.182. The Morgan fingerprint density at radius 2 is 1.67 bits per heavy atom. The van der Waals surface area contributed by atoms with E-state index in [0.29, 0.717) is 5.92 Å². The molecule has 0 aliphatic carbocycles. The molecule has 0 spiro atoms. The van der Waals surface area contributed by atoms with Crippen LogP contribution in [-0.4, -0.2) is 0 Å². The molecule has 114 valence electrons. The van der Waals surface area contributed by atoms with Gasteiger partial charge in [0.15, 0.2) is 0 Å². The summed E-state index contributed by atoms with van der Waals surface area (Å²) in [6.07, 6.45) is 0. The third kappa shape index (κ3) is 3.92. The zero-order valence-corrected chi connectivity index (χ0v) is 14.2. The average molecular weight is 305 g/mol. The fraction of sp³-hybridized carbons (Fsp3) is 0.444. The molecule has 1 N–H and O–H groups in total. The first kappa shape index (κ1) is 16.2. The molecule has 0 radical (unpaired) electrons. The Kier molecular flexibility index (Phi) is 5.17. The number of benzene rings is 1. The summed E-state index contributed by atoms with van der Waals surface area (Å²) in [5, 5.41) is 3.71. The predicted octanol–water partition coefficient (Wildman–Crippen LogP) is 5.55. The third-order valence-corrected chi connectivity index (χ3v) is 4.85. The molecule has 2 atom stereocenters. The van der Waals surface area contributed by atoms with E-state index in [1.807, 2.05) is 23.5 Å². The number of thiophene rings is 1. The van der Waals surface area contributed by atoms with Gasteiger partial charge in [0.2, 0.25) is 0 Å². The van der Waals surface area contributed by atoms with Crippen LogP contribution in [0.3, 0.4) is 0 Å². The Balaban J connectivity index is 2.20. The molecule has 0 bridgehead atoms. The molecule has 0 aliphatic rings. The zero-order valence-electron chi connectivity index (χ0n) is 13.4. The normalized spacial score (nSPS) is 14.4. The molecule has 0 fully saturated rings. The quantitative estimate of drug-likeness (QED) is 0.763. The van der Waals surface area contributed by atoms with Gasteiger partial charge in [0.25, 0.3) is 0 Å². The third-order valence-electron chi connectivity index (χ3n) is 3.87. The van der Waals surface area contributed by atoms with E-state index in [-0.39, 0.29) is 17.9 Å². The van der Waals surface area contributed by atoms with E-state index in [1.165, 1.54) is 27.5 Å². The summed E-state index contributed by atoms with van der Waals surface area (Å²) in [6, 6.07) is 9.61. The van der Waals surface area contributed by atoms with Crippen LogP contribution in [0.4, 0.5) is 4.39 Å². The van der Waals surface area contributed by atoms with Crippen molar-refractivity contribution in [1.29, 1.82) is 0 Å². The molecule has 1 aromatic heterocycles. The lowest BCUT2D eigenvalue weighted by molar-refractivity contribution is 0.374. The molecule has 2 unspecified atom stereocenters. The summed E-state index contributed by atoms with van der Waals surface area (Å²) in [5.74, 6) is 0.261. The minimum Gasteiger partial charge on any atom is -0.303 e. The molecule has 2 rings (SSSR count). The fourth-order valence-electron chi connectivity index (χ4n) is 2.78. The minimum atomic E-state index is -0.182. The molecule has 2 aromatic rings. The van der Waals surface area contributed by atoms with Crippen LogP contribution in [0, 0.1) is 25.6 Å². The maximum Gasteiger partial charge on any atom is 0.123 e. The smallest absolute Gasteiger partial charge is 0.123 e. The van der Waals surface area contributed by atoms with Gasteiger partial charge in [-0.2, -0.15) is 0 Å². The van der Waals surface area contributed by atoms with Gasteiger partial charge in [-0.3, -0.25) is 0 Å². The van der Waals surface area contributed by atoms with Crippen LogP contribution < -0.4 is 5.32 Å². The first-order chi connectivity index (χ1) is 9.88. The van der Waals surface area contributed by atoms with E-state index in [1.54, 1.807) is 0 Å². The van der Waals surface area contributed by atoms with Crippen LogP contribution in [0.5, 0.6) is 0 Å². The van der Waals surface area contributed by atoms with Crippen LogP contribution in [0.15, 0.2) is 30.3 Å². The monoisotopic (exact) mass is 305 g/mol. The van der Waals surface area contributed by atoms with Gasteiger partial charge in [-0.25, -0.2) is 4.39 Å². The van der Waals surface area contributed by atoms with E-state index in [0.717, 1.165) is 5.56 Å². The Morgan fingerprint density at radius 3 is 2.14 bits per heavy atom. The summed E-state index contributed by atoms with van der Waals surface area (Å²) in [5.41, 5.74) is 2.51. The molecular formula is C18H24FNS. The summed E-state index contributed by atoms with van der Waals surface area (Å²) in [7, 11) is 0. The van der Waals surface area contributed by atoms with Crippen molar-refractivity contribution in [2.45, 2.75) is 46.7 Å². The van der Waals surface area contributed by atoms with Crippen LogP contribution in [0.2, 0.25) is 0 Å². The number of rotatable bonds is 5. The van der Waals surface area contributed by atoms with E-state index >= 15 is 0 Å². The average Bonchev–Trinajstić information content (AvgIpc) is 2.76. The van der Waals surface area contributed by atoms with E-state index in [9.17, 15) is 4.39 Å². The van der Waals surface area contributed by atoms with Gasteiger partial charge in [0, 0.05) is 21.8 Å². The van der Waals surface area contributed by atoms with Gasteiger partial charge in [0.1, 0.15) is 5.82 Å². The van der Waals surface area contributed by atoms with E-state index < -0.39 is 0 Å². The highest BCUT2D eigenvalue weighted by molar-refractivity contribution is 7.12.